The maximum Gasteiger partial charge on any atom is 0.320 e. The van der Waals surface area contributed by atoms with Gasteiger partial charge >= 0.3 is 6.01 Å². The number of pyridine rings is 1. The van der Waals surface area contributed by atoms with Gasteiger partial charge in [-0.2, -0.15) is 0 Å². The molecule has 232 valence electrons. The lowest BCUT2D eigenvalue weighted by atomic mass is 9.91. The zero-order chi connectivity index (χ0) is 31.6. The molecule has 0 unspecified atom stereocenters. The summed E-state index contributed by atoms with van der Waals surface area (Å²) in [6.45, 7) is 6.34. The average molecular weight is 608 g/mol. The van der Waals surface area contributed by atoms with Gasteiger partial charge in [0.05, 0.1) is 13.2 Å². The Balaban J connectivity index is 1.31. The standard InChI is InChI=1S/C34H37N7O4/c1-22-27(8-4-10-29(22)32(44)39-31-13-12-25(21-37-31)20-36-15-17-43)28-9-5-11-30(23(28)2)33-40-41-34(45-33)38-26-7-3-6-24(18-26)19-35-14-16-42/h3-13,18,21,35-36,42-43H,14-17,19-20H2,1-2H3,(H,38,41)(H,37,39,44). The van der Waals surface area contributed by atoms with Crippen LogP contribution in [0.5, 0.6) is 0 Å². The van der Waals surface area contributed by atoms with E-state index in [0.29, 0.717) is 43.5 Å². The van der Waals surface area contributed by atoms with Gasteiger partial charge < -0.3 is 35.9 Å². The predicted molar refractivity (Wildman–Crippen MR) is 174 cm³/mol. The molecule has 0 saturated heterocycles. The quantitative estimate of drug-likeness (QED) is 0.0988. The number of rotatable bonds is 14. The maximum atomic E-state index is 13.3. The van der Waals surface area contributed by atoms with Gasteiger partial charge in [-0.05, 0) is 77.6 Å². The number of nitrogens with zero attached hydrogens (tertiary/aromatic N) is 3. The van der Waals surface area contributed by atoms with Crippen LogP contribution in [-0.2, 0) is 13.1 Å². The molecule has 2 aromatic heterocycles. The van der Waals surface area contributed by atoms with Crippen molar-refractivity contribution in [2.75, 3.05) is 36.9 Å². The topological polar surface area (TPSA) is 157 Å². The number of anilines is 3. The number of carbonyl (C=O) groups is 1. The first-order valence-corrected chi connectivity index (χ1v) is 14.8. The number of aliphatic hydroxyl groups excluding tert-OH is 2. The second kappa shape index (κ2) is 15.2. The van der Waals surface area contributed by atoms with Crippen LogP contribution in [0.15, 0.2) is 83.4 Å². The second-order valence-corrected chi connectivity index (χ2v) is 10.5. The summed E-state index contributed by atoms with van der Waals surface area (Å²) in [5.41, 5.74) is 7.81. The summed E-state index contributed by atoms with van der Waals surface area (Å²) >= 11 is 0. The Labute approximate surface area is 261 Å². The molecule has 0 atom stereocenters. The van der Waals surface area contributed by atoms with E-state index in [4.69, 9.17) is 14.6 Å². The number of benzene rings is 3. The summed E-state index contributed by atoms with van der Waals surface area (Å²) in [6.07, 6.45) is 1.70. The van der Waals surface area contributed by atoms with Crippen LogP contribution in [0.25, 0.3) is 22.6 Å². The summed E-state index contributed by atoms with van der Waals surface area (Å²) in [4.78, 5) is 17.6. The lowest BCUT2D eigenvalue weighted by Crippen LogP contribution is -2.18. The number of nitrogens with one attached hydrogen (secondary N) is 4. The smallest absolute Gasteiger partial charge is 0.320 e. The van der Waals surface area contributed by atoms with Gasteiger partial charge in [-0.25, -0.2) is 4.98 Å². The van der Waals surface area contributed by atoms with Crippen molar-refractivity contribution >= 4 is 23.4 Å². The summed E-state index contributed by atoms with van der Waals surface area (Å²) in [7, 11) is 0. The first kappa shape index (κ1) is 31.5. The fourth-order valence-electron chi connectivity index (χ4n) is 5.01. The van der Waals surface area contributed by atoms with Crippen LogP contribution in [0, 0.1) is 13.8 Å². The Morgan fingerprint density at radius 3 is 2.20 bits per heavy atom. The summed E-state index contributed by atoms with van der Waals surface area (Å²) in [5, 5.41) is 38.8. The molecule has 5 aromatic rings. The minimum atomic E-state index is -0.248. The summed E-state index contributed by atoms with van der Waals surface area (Å²) in [5.74, 6) is 0.590. The fraction of sp³-hybridized carbons (Fsp3) is 0.235. The minimum Gasteiger partial charge on any atom is -0.403 e. The van der Waals surface area contributed by atoms with E-state index < -0.39 is 0 Å². The molecular formula is C34H37N7O4. The molecule has 0 saturated carbocycles. The van der Waals surface area contributed by atoms with E-state index in [1.165, 1.54) is 0 Å². The van der Waals surface area contributed by atoms with E-state index in [2.05, 4.69) is 36.4 Å². The highest BCUT2D eigenvalue weighted by Crippen LogP contribution is 2.34. The van der Waals surface area contributed by atoms with Crippen molar-refractivity contribution in [3.8, 4) is 22.6 Å². The van der Waals surface area contributed by atoms with Crippen molar-refractivity contribution in [1.82, 2.24) is 25.8 Å². The van der Waals surface area contributed by atoms with Crippen LogP contribution >= 0.6 is 0 Å². The molecule has 3 aromatic carbocycles. The van der Waals surface area contributed by atoms with Gasteiger partial charge in [-0.15, -0.1) is 5.10 Å². The van der Waals surface area contributed by atoms with Crippen molar-refractivity contribution in [3.63, 3.8) is 0 Å². The van der Waals surface area contributed by atoms with Gasteiger partial charge in [0.1, 0.15) is 5.82 Å². The Kier molecular flexibility index (Phi) is 10.6. The van der Waals surface area contributed by atoms with E-state index in [1.54, 1.807) is 18.3 Å². The minimum absolute atomic E-state index is 0.0706. The lowest BCUT2D eigenvalue weighted by Gasteiger charge is -2.15. The van der Waals surface area contributed by atoms with Crippen molar-refractivity contribution in [1.29, 1.82) is 0 Å². The van der Waals surface area contributed by atoms with Crippen molar-refractivity contribution in [3.05, 3.63) is 107 Å². The first-order chi connectivity index (χ1) is 22.0. The third kappa shape index (κ3) is 7.97. The second-order valence-electron chi connectivity index (χ2n) is 10.5. The average Bonchev–Trinajstić information content (AvgIpc) is 3.51. The highest BCUT2D eigenvalue weighted by Gasteiger charge is 2.18. The number of aliphatic hydroxyl groups is 2. The van der Waals surface area contributed by atoms with E-state index >= 15 is 0 Å². The number of amides is 1. The van der Waals surface area contributed by atoms with Gasteiger partial charge in [0.25, 0.3) is 5.91 Å². The summed E-state index contributed by atoms with van der Waals surface area (Å²) in [6, 6.07) is 23.3. The normalized spacial score (nSPS) is 11.0. The van der Waals surface area contributed by atoms with Gasteiger partial charge in [0.2, 0.25) is 5.89 Å². The van der Waals surface area contributed by atoms with Crippen molar-refractivity contribution in [2.24, 2.45) is 0 Å². The molecule has 0 fully saturated rings. The third-order valence-corrected chi connectivity index (χ3v) is 7.34. The van der Waals surface area contributed by atoms with Crippen molar-refractivity contribution < 1.29 is 19.4 Å². The van der Waals surface area contributed by atoms with Crippen LogP contribution in [-0.4, -0.2) is 57.6 Å². The molecule has 11 nitrogen and oxygen atoms in total. The molecule has 0 bridgehead atoms. The van der Waals surface area contributed by atoms with E-state index in [9.17, 15) is 4.79 Å². The molecular weight excluding hydrogens is 570 g/mol. The SMILES string of the molecule is Cc1c(C(=O)Nc2ccc(CNCCO)cn2)cccc1-c1cccc(-c2nnc(Nc3cccc(CNCCO)c3)o2)c1C. The molecule has 0 aliphatic rings. The van der Waals surface area contributed by atoms with Gasteiger partial charge in [0, 0.05) is 49.2 Å². The van der Waals surface area contributed by atoms with Gasteiger partial charge in [-0.1, -0.05) is 47.6 Å². The van der Waals surface area contributed by atoms with Crippen LogP contribution in [0.1, 0.15) is 32.6 Å². The van der Waals surface area contributed by atoms with Gasteiger partial charge in [0.15, 0.2) is 0 Å². The van der Waals surface area contributed by atoms with E-state index in [0.717, 1.165) is 44.6 Å². The predicted octanol–water partition coefficient (Wildman–Crippen LogP) is 4.58. The van der Waals surface area contributed by atoms with Crippen LogP contribution < -0.4 is 21.3 Å². The maximum absolute atomic E-state index is 13.3. The Morgan fingerprint density at radius 1 is 0.778 bits per heavy atom. The Hall–Kier alpha value is -4.94. The lowest BCUT2D eigenvalue weighted by molar-refractivity contribution is 0.102. The Bertz CT molecular complexity index is 1740. The van der Waals surface area contributed by atoms with E-state index in [1.807, 2.05) is 74.5 Å². The van der Waals surface area contributed by atoms with Crippen molar-refractivity contribution in [2.45, 2.75) is 26.9 Å². The highest BCUT2D eigenvalue weighted by molar-refractivity contribution is 6.06. The van der Waals surface area contributed by atoms with Crippen LogP contribution in [0.3, 0.4) is 0 Å². The third-order valence-electron chi connectivity index (χ3n) is 7.34. The molecule has 1 amide bonds. The molecule has 5 rings (SSSR count). The summed E-state index contributed by atoms with van der Waals surface area (Å²) < 4.78 is 6.01. The number of carbonyl (C=O) groups excluding carboxylic acids is 1. The molecule has 6 N–H and O–H groups in total. The first-order valence-electron chi connectivity index (χ1n) is 14.8. The number of aromatic nitrogens is 3. The molecule has 2 heterocycles. The monoisotopic (exact) mass is 607 g/mol. The largest absolute Gasteiger partial charge is 0.403 e. The number of hydrogen-bond donors (Lipinski definition) is 6. The zero-order valence-corrected chi connectivity index (χ0v) is 25.3. The fourth-order valence-corrected chi connectivity index (χ4v) is 5.01. The molecule has 0 aliphatic carbocycles. The van der Waals surface area contributed by atoms with Crippen LogP contribution in [0.2, 0.25) is 0 Å². The Morgan fingerprint density at radius 2 is 1.47 bits per heavy atom. The van der Waals surface area contributed by atoms with E-state index in [-0.39, 0.29) is 25.1 Å². The molecule has 0 aliphatic heterocycles. The van der Waals surface area contributed by atoms with Crippen LogP contribution in [0.4, 0.5) is 17.5 Å². The van der Waals surface area contributed by atoms with Gasteiger partial charge in [-0.3, -0.25) is 4.79 Å². The number of hydrogen-bond acceptors (Lipinski definition) is 10. The zero-order valence-electron chi connectivity index (χ0n) is 25.3. The molecule has 0 spiro atoms. The highest BCUT2D eigenvalue weighted by atomic mass is 16.4. The molecule has 0 radical (unpaired) electrons. The molecule has 45 heavy (non-hydrogen) atoms. The molecule has 11 heteroatoms.